The second-order valence-electron chi connectivity index (χ2n) is 5.85. The first kappa shape index (κ1) is 17.7. The zero-order chi connectivity index (χ0) is 16.9. The van der Waals surface area contributed by atoms with Crippen LogP contribution in [0.1, 0.15) is 31.7 Å². The van der Waals surface area contributed by atoms with Crippen molar-refractivity contribution in [1.29, 1.82) is 0 Å². The van der Waals surface area contributed by atoms with E-state index >= 15 is 0 Å². The molecule has 4 N–H and O–H groups in total. The molecule has 1 fully saturated rings. The van der Waals surface area contributed by atoms with Gasteiger partial charge in [0.1, 0.15) is 6.04 Å². The number of sulfonamides is 1. The van der Waals surface area contributed by atoms with E-state index in [1.807, 2.05) is 6.07 Å². The lowest BCUT2D eigenvalue weighted by Gasteiger charge is -2.11. The minimum atomic E-state index is -3.31. The van der Waals surface area contributed by atoms with Crippen LogP contribution in [0, 0.1) is 0 Å². The van der Waals surface area contributed by atoms with Crippen LogP contribution in [0.3, 0.4) is 0 Å². The quantitative estimate of drug-likeness (QED) is 0.586. The first-order valence-corrected chi connectivity index (χ1v) is 9.62. The zero-order valence-electron chi connectivity index (χ0n) is 13.4. The summed E-state index contributed by atoms with van der Waals surface area (Å²) in [5.74, 6) is -0.0578. The molecule has 2 atom stereocenters. The molecule has 0 spiro atoms. The molecule has 2 unspecified atom stereocenters. The van der Waals surface area contributed by atoms with Gasteiger partial charge in [-0.25, -0.2) is 13.8 Å². The highest BCUT2D eigenvalue weighted by Crippen LogP contribution is 2.13. The Morgan fingerprint density at radius 1 is 1.35 bits per heavy atom. The SMILES string of the molecule is CCCC1CC(C(=O)NCc2cccc(NS(C)(=O)=O)c2)NN1. The third-order valence-electron chi connectivity index (χ3n) is 3.63. The first-order chi connectivity index (χ1) is 10.9. The largest absolute Gasteiger partial charge is 0.351 e. The van der Waals surface area contributed by atoms with Crippen molar-refractivity contribution in [3.63, 3.8) is 0 Å². The van der Waals surface area contributed by atoms with Gasteiger partial charge in [0.25, 0.3) is 0 Å². The molecule has 2 rings (SSSR count). The highest BCUT2D eigenvalue weighted by atomic mass is 32.2. The van der Waals surface area contributed by atoms with Crippen LogP contribution in [-0.2, 0) is 21.4 Å². The molecule has 0 bridgehead atoms. The third kappa shape index (κ3) is 5.81. The maximum Gasteiger partial charge on any atom is 0.238 e. The molecule has 1 aliphatic rings. The number of amides is 1. The van der Waals surface area contributed by atoms with Gasteiger partial charge in [-0.1, -0.05) is 25.5 Å². The van der Waals surface area contributed by atoms with Crippen molar-refractivity contribution in [2.45, 2.75) is 44.8 Å². The lowest BCUT2D eigenvalue weighted by molar-refractivity contribution is -0.123. The van der Waals surface area contributed by atoms with Crippen molar-refractivity contribution in [2.75, 3.05) is 11.0 Å². The molecule has 0 aliphatic carbocycles. The van der Waals surface area contributed by atoms with Crippen LogP contribution in [0.15, 0.2) is 24.3 Å². The van der Waals surface area contributed by atoms with E-state index in [0.29, 0.717) is 18.3 Å². The molecule has 0 radical (unpaired) electrons. The molecule has 1 amide bonds. The maximum atomic E-state index is 12.2. The van der Waals surface area contributed by atoms with Crippen molar-refractivity contribution in [3.8, 4) is 0 Å². The van der Waals surface area contributed by atoms with Crippen LogP contribution in [0.5, 0.6) is 0 Å². The molecule has 23 heavy (non-hydrogen) atoms. The number of hydrogen-bond donors (Lipinski definition) is 4. The summed E-state index contributed by atoms with van der Waals surface area (Å²) in [5.41, 5.74) is 7.48. The normalized spacial score (nSPS) is 21.1. The zero-order valence-corrected chi connectivity index (χ0v) is 14.2. The molecule has 0 aromatic heterocycles. The minimum absolute atomic E-state index is 0.0578. The fraction of sp³-hybridized carbons (Fsp3) is 0.533. The van der Waals surface area contributed by atoms with E-state index in [9.17, 15) is 13.2 Å². The molecule has 128 valence electrons. The number of hydrogen-bond acceptors (Lipinski definition) is 5. The van der Waals surface area contributed by atoms with Gasteiger partial charge in [0, 0.05) is 18.3 Å². The highest BCUT2D eigenvalue weighted by Gasteiger charge is 2.28. The van der Waals surface area contributed by atoms with Gasteiger partial charge in [-0.15, -0.1) is 0 Å². The van der Waals surface area contributed by atoms with Gasteiger partial charge in [-0.3, -0.25) is 14.9 Å². The Kier molecular flexibility index (Phi) is 5.97. The van der Waals surface area contributed by atoms with E-state index in [1.54, 1.807) is 18.2 Å². The Morgan fingerprint density at radius 2 is 2.13 bits per heavy atom. The summed E-state index contributed by atoms with van der Waals surface area (Å²) in [6, 6.07) is 7.07. The van der Waals surface area contributed by atoms with Gasteiger partial charge < -0.3 is 5.32 Å². The van der Waals surface area contributed by atoms with Gasteiger partial charge in [-0.05, 0) is 30.5 Å². The summed E-state index contributed by atoms with van der Waals surface area (Å²) in [5, 5.41) is 2.87. The fourth-order valence-corrected chi connectivity index (χ4v) is 3.16. The van der Waals surface area contributed by atoms with Gasteiger partial charge >= 0.3 is 0 Å². The monoisotopic (exact) mass is 340 g/mol. The third-order valence-corrected chi connectivity index (χ3v) is 4.24. The number of benzene rings is 1. The summed E-state index contributed by atoms with van der Waals surface area (Å²) >= 11 is 0. The van der Waals surface area contributed by atoms with Gasteiger partial charge in [0.05, 0.1) is 6.26 Å². The number of hydrazine groups is 1. The number of carbonyl (C=O) groups excluding carboxylic acids is 1. The Bertz CT molecular complexity index is 648. The predicted octanol–water partition coefficient (Wildman–Crippen LogP) is 0.710. The Morgan fingerprint density at radius 3 is 2.83 bits per heavy atom. The maximum absolute atomic E-state index is 12.2. The Balaban J connectivity index is 1.86. The average molecular weight is 340 g/mol. The average Bonchev–Trinajstić information content (AvgIpc) is 2.92. The van der Waals surface area contributed by atoms with Crippen molar-refractivity contribution in [1.82, 2.24) is 16.2 Å². The summed E-state index contributed by atoms with van der Waals surface area (Å²) in [4.78, 5) is 12.2. The van der Waals surface area contributed by atoms with Crippen LogP contribution < -0.4 is 20.9 Å². The van der Waals surface area contributed by atoms with Crippen LogP contribution in [0.2, 0.25) is 0 Å². The van der Waals surface area contributed by atoms with Gasteiger partial charge in [0.15, 0.2) is 0 Å². The van der Waals surface area contributed by atoms with Crippen LogP contribution in [0.25, 0.3) is 0 Å². The van der Waals surface area contributed by atoms with E-state index < -0.39 is 10.0 Å². The van der Waals surface area contributed by atoms with E-state index in [4.69, 9.17) is 0 Å². The van der Waals surface area contributed by atoms with Crippen LogP contribution in [0.4, 0.5) is 5.69 Å². The number of nitrogens with one attached hydrogen (secondary N) is 4. The van der Waals surface area contributed by atoms with Crippen LogP contribution in [-0.4, -0.2) is 32.7 Å². The Hall–Kier alpha value is -1.64. The molecule has 0 saturated carbocycles. The molecule has 1 aromatic rings. The number of rotatable bonds is 7. The smallest absolute Gasteiger partial charge is 0.238 e. The molecular formula is C15H24N4O3S. The van der Waals surface area contributed by atoms with E-state index in [1.165, 1.54) is 0 Å². The lowest BCUT2D eigenvalue weighted by atomic mass is 10.1. The molecule has 1 aliphatic heterocycles. The van der Waals surface area contributed by atoms with Gasteiger partial charge in [-0.2, -0.15) is 0 Å². The first-order valence-electron chi connectivity index (χ1n) is 7.73. The number of carbonyl (C=O) groups is 1. The predicted molar refractivity (Wildman–Crippen MR) is 90.1 cm³/mol. The van der Waals surface area contributed by atoms with Gasteiger partial charge in [0.2, 0.25) is 15.9 Å². The Labute approximate surface area is 137 Å². The van der Waals surface area contributed by atoms with Crippen molar-refractivity contribution in [2.24, 2.45) is 0 Å². The van der Waals surface area contributed by atoms with E-state index in [-0.39, 0.29) is 11.9 Å². The molecule has 1 heterocycles. The van der Waals surface area contributed by atoms with Crippen molar-refractivity contribution >= 4 is 21.6 Å². The van der Waals surface area contributed by atoms with Crippen molar-refractivity contribution < 1.29 is 13.2 Å². The summed E-state index contributed by atoms with van der Waals surface area (Å²) in [6.07, 6.45) is 3.99. The van der Waals surface area contributed by atoms with Crippen molar-refractivity contribution in [3.05, 3.63) is 29.8 Å². The summed E-state index contributed by atoms with van der Waals surface area (Å²) in [6.45, 7) is 2.47. The summed E-state index contributed by atoms with van der Waals surface area (Å²) in [7, 11) is -3.31. The standard InChI is InChI=1S/C15H24N4O3S/c1-3-5-12-9-14(18-17-12)15(20)16-10-11-6-4-7-13(8-11)19-23(2,21)22/h4,6-8,12,14,17-19H,3,5,9-10H2,1-2H3,(H,16,20). The molecule has 7 nitrogen and oxygen atoms in total. The van der Waals surface area contributed by atoms with E-state index in [2.05, 4.69) is 27.8 Å². The lowest BCUT2D eigenvalue weighted by Crippen LogP contribution is -2.43. The molecule has 8 heteroatoms. The molecular weight excluding hydrogens is 316 g/mol. The number of anilines is 1. The fourth-order valence-electron chi connectivity index (χ4n) is 2.60. The molecule has 1 saturated heterocycles. The summed E-state index contributed by atoms with van der Waals surface area (Å²) < 4.78 is 24.9. The topological polar surface area (TPSA) is 99.3 Å². The van der Waals surface area contributed by atoms with E-state index in [0.717, 1.165) is 31.1 Å². The minimum Gasteiger partial charge on any atom is -0.351 e. The molecule has 1 aromatic carbocycles. The van der Waals surface area contributed by atoms with Crippen LogP contribution >= 0.6 is 0 Å². The second-order valence-corrected chi connectivity index (χ2v) is 7.60. The highest BCUT2D eigenvalue weighted by molar-refractivity contribution is 7.92. The second kappa shape index (κ2) is 7.76.